The number of allylic oxidation sites excluding steroid dienone is 1. The van der Waals surface area contributed by atoms with Crippen LogP contribution in [0.15, 0.2) is 61.2 Å². The molecule has 0 aromatic heterocycles. The maximum atomic E-state index is 15.1. The van der Waals surface area contributed by atoms with Crippen LogP contribution in [0.25, 0.3) is 22.3 Å². The van der Waals surface area contributed by atoms with Gasteiger partial charge in [-0.1, -0.05) is 62.2 Å². The molecule has 2 atom stereocenters. The first-order valence-corrected chi connectivity index (χ1v) is 13.4. The Morgan fingerprint density at radius 1 is 0.842 bits per heavy atom. The maximum Gasteiger partial charge on any atom is 0.201 e. The predicted octanol–water partition coefficient (Wildman–Crippen LogP) is 9.58. The molecule has 202 valence electrons. The van der Waals surface area contributed by atoms with Gasteiger partial charge >= 0.3 is 0 Å². The van der Waals surface area contributed by atoms with E-state index in [1.807, 2.05) is 13.0 Å². The van der Waals surface area contributed by atoms with E-state index in [9.17, 15) is 8.78 Å². The Bertz CT molecular complexity index is 1230. The van der Waals surface area contributed by atoms with Crippen molar-refractivity contribution >= 4 is 0 Å². The molecule has 0 bridgehead atoms. The van der Waals surface area contributed by atoms with E-state index in [1.54, 1.807) is 36.4 Å². The van der Waals surface area contributed by atoms with Crippen LogP contribution in [0.5, 0.6) is 5.75 Å². The Morgan fingerprint density at radius 3 is 2.11 bits per heavy atom. The van der Waals surface area contributed by atoms with Crippen LogP contribution >= 0.6 is 0 Å². The molecule has 0 amide bonds. The van der Waals surface area contributed by atoms with E-state index >= 15 is 8.78 Å². The van der Waals surface area contributed by atoms with Gasteiger partial charge in [0.2, 0.25) is 5.82 Å². The summed E-state index contributed by atoms with van der Waals surface area (Å²) in [6.07, 6.45) is 7.55. The molecule has 1 fully saturated rings. The summed E-state index contributed by atoms with van der Waals surface area (Å²) in [4.78, 5) is 0. The van der Waals surface area contributed by atoms with Crippen LogP contribution in [-0.2, 0) is 4.74 Å². The number of rotatable bonds is 11. The maximum absolute atomic E-state index is 15.1. The fourth-order valence-corrected chi connectivity index (χ4v) is 4.90. The summed E-state index contributed by atoms with van der Waals surface area (Å²) in [5.74, 6) is -3.62. The molecule has 0 N–H and O–H groups in total. The lowest BCUT2D eigenvalue weighted by Gasteiger charge is -2.29. The number of hydrogen-bond donors (Lipinski definition) is 0. The fraction of sp³-hybridized carbons (Fsp3) is 0.375. The van der Waals surface area contributed by atoms with Gasteiger partial charge in [0.25, 0.3) is 0 Å². The van der Waals surface area contributed by atoms with Crippen molar-refractivity contribution in [2.75, 3.05) is 13.2 Å². The Labute approximate surface area is 222 Å². The van der Waals surface area contributed by atoms with Gasteiger partial charge in [0, 0.05) is 16.7 Å². The van der Waals surface area contributed by atoms with Gasteiger partial charge in [-0.2, -0.15) is 4.39 Å². The first kappa shape index (κ1) is 27.9. The zero-order valence-electron chi connectivity index (χ0n) is 21.8. The molecule has 1 aliphatic rings. The number of benzene rings is 3. The van der Waals surface area contributed by atoms with Gasteiger partial charge in [0.1, 0.15) is 0 Å². The fourth-order valence-electron chi connectivity index (χ4n) is 4.90. The highest BCUT2D eigenvalue weighted by atomic mass is 19.2. The van der Waals surface area contributed by atoms with E-state index in [4.69, 9.17) is 9.47 Å². The average molecular weight is 527 g/mol. The topological polar surface area (TPSA) is 18.5 Å². The van der Waals surface area contributed by atoms with Gasteiger partial charge in [0.05, 0.1) is 19.3 Å². The molecule has 0 spiro atoms. The quantitative estimate of drug-likeness (QED) is 0.141. The molecule has 1 aliphatic heterocycles. The molecule has 3 aromatic rings. The summed E-state index contributed by atoms with van der Waals surface area (Å²) in [5, 5.41) is 0. The third-order valence-electron chi connectivity index (χ3n) is 7.17. The van der Waals surface area contributed by atoms with Gasteiger partial charge in [-0.15, -0.1) is 6.58 Å². The van der Waals surface area contributed by atoms with Gasteiger partial charge in [-0.25, -0.2) is 13.2 Å². The van der Waals surface area contributed by atoms with Crippen LogP contribution in [0.2, 0.25) is 0 Å². The Kier molecular flexibility index (Phi) is 9.62. The van der Waals surface area contributed by atoms with E-state index in [-0.39, 0.29) is 22.4 Å². The van der Waals surface area contributed by atoms with Crippen molar-refractivity contribution in [3.63, 3.8) is 0 Å². The van der Waals surface area contributed by atoms with Gasteiger partial charge in [-0.05, 0) is 61.3 Å². The molecule has 0 saturated carbocycles. The van der Waals surface area contributed by atoms with E-state index in [0.717, 1.165) is 38.5 Å². The molecule has 3 aromatic carbocycles. The summed E-state index contributed by atoms with van der Waals surface area (Å²) in [7, 11) is 0. The van der Waals surface area contributed by atoms with E-state index < -0.39 is 29.4 Å². The monoisotopic (exact) mass is 526 g/mol. The van der Waals surface area contributed by atoms with Crippen LogP contribution < -0.4 is 4.74 Å². The predicted molar refractivity (Wildman–Crippen MR) is 143 cm³/mol. The third kappa shape index (κ3) is 6.29. The van der Waals surface area contributed by atoms with Crippen molar-refractivity contribution in [2.45, 2.75) is 58.0 Å². The van der Waals surface area contributed by atoms with Crippen LogP contribution in [0.1, 0.15) is 63.5 Å². The van der Waals surface area contributed by atoms with Crippen molar-refractivity contribution in [3.05, 3.63) is 90.0 Å². The second kappa shape index (κ2) is 13.1. The van der Waals surface area contributed by atoms with Crippen molar-refractivity contribution in [3.8, 4) is 28.0 Å². The summed E-state index contributed by atoms with van der Waals surface area (Å²) >= 11 is 0. The molecular weight excluding hydrogens is 492 g/mol. The average Bonchev–Trinajstić information content (AvgIpc) is 2.94. The van der Waals surface area contributed by atoms with Crippen LogP contribution in [0.3, 0.4) is 0 Å². The third-order valence-corrected chi connectivity index (χ3v) is 7.17. The molecular formula is C32H34F4O2. The minimum atomic E-state index is -1.04. The first-order valence-electron chi connectivity index (χ1n) is 13.4. The van der Waals surface area contributed by atoms with Crippen molar-refractivity contribution < 1.29 is 27.0 Å². The molecule has 2 nitrogen and oxygen atoms in total. The molecule has 2 unspecified atom stereocenters. The number of hydrogen-bond acceptors (Lipinski definition) is 2. The van der Waals surface area contributed by atoms with Crippen LogP contribution in [0.4, 0.5) is 17.6 Å². The summed E-state index contributed by atoms with van der Waals surface area (Å²) < 4.78 is 70.8. The summed E-state index contributed by atoms with van der Waals surface area (Å²) in [6, 6.07) is 12.3. The second-order valence-corrected chi connectivity index (χ2v) is 9.83. The van der Waals surface area contributed by atoms with Crippen molar-refractivity contribution in [2.24, 2.45) is 5.92 Å². The second-order valence-electron chi connectivity index (χ2n) is 9.83. The van der Waals surface area contributed by atoms with Crippen molar-refractivity contribution in [1.29, 1.82) is 0 Å². The highest BCUT2D eigenvalue weighted by molar-refractivity contribution is 5.71. The standard InChI is InChI=1S/C32H34F4O2/c1-3-5-7-19-37-28-18-16-25(30(34)32(28)36)23-12-10-22(11-13-23)24-14-15-26(31(35)29(24)33)27-17-9-21(20-38-27)8-6-4-2/h4,10-16,18,21,27H,2-3,5-9,17,19-20H2,1H3. The minimum absolute atomic E-state index is 0.0674. The lowest BCUT2D eigenvalue weighted by Crippen LogP contribution is -2.21. The smallest absolute Gasteiger partial charge is 0.201 e. The zero-order chi connectivity index (χ0) is 27.1. The molecule has 6 heteroatoms. The largest absolute Gasteiger partial charge is 0.490 e. The minimum Gasteiger partial charge on any atom is -0.490 e. The molecule has 38 heavy (non-hydrogen) atoms. The summed E-state index contributed by atoms with van der Waals surface area (Å²) in [5.41, 5.74) is 1.24. The Morgan fingerprint density at radius 2 is 1.50 bits per heavy atom. The van der Waals surface area contributed by atoms with Crippen molar-refractivity contribution in [1.82, 2.24) is 0 Å². The molecule has 0 aliphatic carbocycles. The number of halogens is 4. The lowest BCUT2D eigenvalue weighted by molar-refractivity contribution is -0.0210. The number of ether oxygens (including phenoxy) is 2. The number of unbranched alkanes of at least 4 members (excludes halogenated alkanes) is 2. The Hall–Kier alpha value is -3.12. The van der Waals surface area contributed by atoms with Gasteiger partial charge in [0.15, 0.2) is 23.2 Å². The lowest BCUT2D eigenvalue weighted by atomic mass is 9.90. The molecule has 4 rings (SSSR count). The zero-order valence-corrected chi connectivity index (χ0v) is 21.8. The molecule has 0 radical (unpaired) electrons. The Balaban J connectivity index is 1.48. The molecule has 1 saturated heterocycles. The van der Waals surface area contributed by atoms with E-state index in [1.165, 1.54) is 12.1 Å². The first-order chi connectivity index (χ1) is 18.4. The highest BCUT2D eigenvalue weighted by Crippen LogP contribution is 2.37. The van der Waals surface area contributed by atoms with Gasteiger partial charge in [-0.3, -0.25) is 0 Å². The van der Waals surface area contributed by atoms with Gasteiger partial charge < -0.3 is 9.47 Å². The normalized spacial score (nSPS) is 17.4. The van der Waals surface area contributed by atoms with E-state index in [2.05, 4.69) is 6.58 Å². The van der Waals surface area contributed by atoms with Crippen LogP contribution in [0, 0.1) is 29.2 Å². The SMILES string of the molecule is C=CCCC1CCC(c2ccc(-c3ccc(-c4ccc(OCCCCC)c(F)c4F)cc3)c(F)c2F)OC1. The highest BCUT2D eigenvalue weighted by Gasteiger charge is 2.27. The molecule has 1 heterocycles. The van der Waals surface area contributed by atoms with E-state index in [0.29, 0.717) is 36.7 Å². The summed E-state index contributed by atoms with van der Waals surface area (Å²) in [6.45, 7) is 6.63. The van der Waals surface area contributed by atoms with Crippen LogP contribution in [-0.4, -0.2) is 13.2 Å².